The predicted octanol–water partition coefficient (Wildman–Crippen LogP) is 2.81. The number of hydrogen-bond acceptors (Lipinski definition) is 6. The van der Waals surface area contributed by atoms with Crippen LogP contribution in [-0.2, 0) is 24.8 Å². The van der Waals surface area contributed by atoms with E-state index in [2.05, 4.69) is 5.32 Å². The van der Waals surface area contributed by atoms with Gasteiger partial charge in [-0.1, -0.05) is 25.0 Å². The first kappa shape index (κ1) is 24.5. The molecule has 0 bridgehead atoms. The van der Waals surface area contributed by atoms with Gasteiger partial charge in [-0.15, -0.1) is 0 Å². The van der Waals surface area contributed by atoms with Crippen LogP contribution in [-0.4, -0.2) is 59.0 Å². The Balaban J connectivity index is 1.47. The van der Waals surface area contributed by atoms with Crippen LogP contribution in [0.5, 0.6) is 5.75 Å². The lowest BCUT2D eigenvalue weighted by atomic mass is 10.2. The molecule has 0 spiro atoms. The summed E-state index contributed by atoms with van der Waals surface area (Å²) in [5.74, 6) is -0.127. The maximum atomic E-state index is 13.0. The summed E-state index contributed by atoms with van der Waals surface area (Å²) in [7, 11) is -7.12. The van der Waals surface area contributed by atoms with Crippen LogP contribution in [0.15, 0.2) is 53.4 Å². The quantitative estimate of drug-likeness (QED) is 0.666. The lowest BCUT2D eigenvalue weighted by Gasteiger charge is -2.20. The van der Waals surface area contributed by atoms with E-state index >= 15 is 0 Å². The summed E-state index contributed by atoms with van der Waals surface area (Å²) in [6.07, 6.45) is 4.15. The number of anilines is 2. The van der Waals surface area contributed by atoms with Gasteiger partial charge in [0.25, 0.3) is 5.91 Å². The van der Waals surface area contributed by atoms with Gasteiger partial charge in [0.2, 0.25) is 20.0 Å². The first-order valence-corrected chi connectivity index (χ1v) is 14.6. The lowest BCUT2D eigenvalue weighted by Crippen LogP contribution is -2.36. The van der Waals surface area contributed by atoms with Crippen LogP contribution in [0, 0.1) is 0 Å². The number of nitrogens with zero attached hydrogens (tertiary/aromatic N) is 2. The van der Waals surface area contributed by atoms with Crippen molar-refractivity contribution in [3.8, 4) is 5.75 Å². The number of carbonyl (C=O) groups is 1. The molecule has 2 aromatic carbocycles. The summed E-state index contributed by atoms with van der Waals surface area (Å²) in [6.45, 7) is 1.14. The molecule has 0 aromatic heterocycles. The molecular weight excluding hydrogens is 478 g/mol. The molecule has 1 unspecified atom stereocenters. The molecule has 2 heterocycles. The van der Waals surface area contributed by atoms with Crippen LogP contribution in [0.2, 0.25) is 0 Å². The number of fused-ring (bicyclic) bond motifs is 1. The zero-order valence-corrected chi connectivity index (χ0v) is 20.6. The Morgan fingerprint density at radius 2 is 1.56 bits per heavy atom. The number of sulfonamides is 2. The van der Waals surface area contributed by atoms with Gasteiger partial charge < -0.3 is 10.1 Å². The van der Waals surface area contributed by atoms with Crippen molar-refractivity contribution in [1.29, 1.82) is 0 Å². The Bertz CT molecular complexity index is 1240. The zero-order valence-electron chi connectivity index (χ0n) is 19.0. The molecule has 1 atom stereocenters. The summed E-state index contributed by atoms with van der Waals surface area (Å²) in [5.41, 5.74) is 0.823. The first-order chi connectivity index (χ1) is 16.2. The maximum Gasteiger partial charge on any atom is 0.265 e. The molecule has 2 aliphatic rings. The molecule has 2 aromatic rings. The molecule has 1 saturated heterocycles. The third-order valence-electron chi connectivity index (χ3n) is 6.01. The Hall–Kier alpha value is -2.63. The first-order valence-electron chi connectivity index (χ1n) is 11.3. The Labute approximate surface area is 200 Å². The van der Waals surface area contributed by atoms with Gasteiger partial charge in [-0.3, -0.25) is 9.10 Å². The summed E-state index contributed by atoms with van der Waals surface area (Å²) >= 11 is 0. The van der Waals surface area contributed by atoms with Crippen LogP contribution in [0.25, 0.3) is 0 Å². The van der Waals surface area contributed by atoms with E-state index in [1.165, 1.54) is 20.7 Å². The number of rotatable bonds is 5. The van der Waals surface area contributed by atoms with Crippen molar-refractivity contribution in [3.63, 3.8) is 0 Å². The van der Waals surface area contributed by atoms with Crippen molar-refractivity contribution in [2.24, 2.45) is 0 Å². The fraction of sp³-hybridized carbons (Fsp3) is 0.435. The molecule has 2 aliphatic heterocycles. The second-order valence-corrected chi connectivity index (χ2v) is 12.4. The minimum absolute atomic E-state index is 0.0982. The second kappa shape index (κ2) is 9.93. The number of amides is 1. The normalized spacial score (nSPS) is 19.9. The minimum atomic E-state index is -3.58. The van der Waals surface area contributed by atoms with Gasteiger partial charge >= 0.3 is 0 Å². The largest absolute Gasteiger partial charge is 0.478 e. The van der Waals surface area contributed by atoms with Gasteiger partial charge in [-0.05, 0) is 49.2 Å². The van der Waals surface area contributed by atoms with Crippen LogP contribution < -0.4 is 14.4 Å². The predicted molar refractivity (Wildman–Crippen MR) is 130 cm³/mol. The standard InChI is InChI=1S/C23H29N3O6S2/c1-33(28,29)26-17-14-22(32-21-9-5-4-8-20(21)26)23(27)24-18-10-12-19(13-11-18)34(30,31)25-15-6-2-3-7-16-25/h4-5,8-13,22H,2-3,6-7,14-17H2,1H3,(H,24,27). The third kappa shape index (κ3) is 5.37. The van der Waals surface area contributed by atoms with E-state index in [1.54, 1.807) is 36.4 Å². The maximum absolute atomic E-state index is 13.0. The van der Waals surface area contributed by atoms with Crippen molar-refractivity contribution in [2.45, 2.75) is 43.1 Å². The Morgan fingerprint density at radius 3 is 2.21 bits per heavy atom. The summed E-state index contributed by atoms with van der Waals surface area (Å²) in [5, 5.41) is 2.75. The van der Waals surface area contributed by atoms with Gasteiger partial charge in [0.05, 0.1) is 16.8 Å². The van der Waals surface area contributed by atoms with E-state index in [-0.39, 0.29) is 17.9 Å². The molecule has 1 N–H and O–H groups in total. The fourth-order valence-electron chi connectivity index (χ4n) is 4.22. The Kier molecular flexibility index (Phi) is 7.15. The van der Waals surface area contributed by atoms with Crippen LogP contribution in [0.1, 0.15) is 32.1 Å². The average molecular weight is 508 g/mol. The number of hydrogen-bond donors (Lipinski definition) is 1. The Morgan fingerprint density at radius 1 is 0.912 bits per heavy atom. The topological polar surface area (TPSA) is 113 Å². The summed E-state index contributed by atoms with van der Waals surface area (Å²) < 4.78 is 59.0. The molecule has 1 fully saturated rings. The highest BCUT2D eigenvalue weighted by Crippen LogP contribution is 2.34. The van der Waals surface area contributed by atoms with Crippen LogP contribution in [0.3, 0.4) is 0 Å². The molecule has 0 saturated carbocycles. The monoisotopic (exact) mass is 507 g/mol. The molecule has 1 amide bonds. The summed E-state index contributed by atoms with van der Waals surface area (Å²) in [4.78, 5) is 13.1. The van der Waals surface area contributed by atoms with Crippen molar-refractivity contribution in [1.82, 2.24) is 4.31 Å². The van der Waals surface area contributed by atoms with Crippen molar-refractivity contribution >= 4 is 37.3 Å². The molecule has 0 aliphatic carbocycles. The van der Waals surface area contributed by atoms with E-state index in [0.29, 0.717) is 30.2 Å². The van der Waals surface area contributed by atoms with Crippen molar-refractivity contribution in [3.05, 3.63) is 48.5 Å². The molecule has 34 heavy (non-hydrogen) atoms. The number of benzene rings is 2. The van der Waals surface area contributed by atoms with E-state index in [1.807, 2.05) is 0 Å². The second-order valence-electron chi connectivity index (χ2n) is 8.53. The number of nitrogens with one attached hydrogen (secondary N) is 1. The average Bonchev–Trinajstić information content (AvgIpc) is 3.19. The van der Waals surface area contributed by atoms with Crippen LogP contribution in [0.4, 0.5) is 11.4 Å². The van der Waals surface area contributed by atoms with Gasteiger partial charge in [0.1, 0.15) is 5.75 Å². The summed E-state index contributed by atoms with van der Waals surface area (Å²) in [6, 6.07) is 12.8. The highest BCUT2D eigenvalue weighted by atomic mass is 32.2. The smallest absolute Gasteiger partial charge is 0.265 e. The molecule has 9 nitrogen and oxygen atoms in total. The van der Waals surface area contributed by atoms with E-state index in [0.717, 1.165) is 31.9 Å². The van der Waals surface area contributed by atoms with Gasteiger partial charge in [0, 0.05) is 31.7 Å². The van der Waals surface area contributed by atoms with Gasteiger partial charge in [-0.25, -0.2) is 16.8 Å². The number of ether oxygens (including phenoxy) is 1. The van der Waals surface area contributed by atoms with Gasteiger partial charge in [-0.2, -0.15) is 4.31 Å². The van der Waals surface area contributed by atoms with Gasteiger partial charge in [0.15, 0.2) is 6.10 Å². The minimum Gasteiger partial charge on any atom is -0.478 e. The molecular formula is C23H29N3O6S2. The number of carbonyl (C=O) groups excluding carboxylic acids is 1. The highest BCUT2D eigenvalue weighted by molar-refractivity contribution is 7.92. The molecule has 0 radical (unpaired) electrons. The molecule has 184 valence electrons. The SMILES string of the molecule is CS(=O)(=O)N1CCC(C(=O)Nc2ccc(S(=O)(=O)N3CCCCCC3)cc2)Oc2ccccc21. The van der Waals surface area contributed by atoms with E-state index in [9.17, 15) is 21.6 Å². The van der Waals surface area contributed by atoms with E-state index in [4.69, 9.17) is 4.74 Å². The molecule has 4 rings (SSSR count). The van der Waals surface area contributed by atoms with E-state index < -0.39 is 32.1 Å². The highest BCUT2D eigenvalue weighted by Gasteiger charge is 2.31. The fourth-order valence-corrected chi connectivity index (χ4v) is 6.69. The van der Waals surface area contributed by atoms with Crippen LogP contribution >= 0.6 is 0 Å². The molecule has 11 heteroatoms. The zero-order chi connectivity index (χ0) is 24.3. The third-order valence-corrected chi connectivity index (χ3v) is 9.11. The number of para-hydroxylation sites is 2. The van der Waals surface area contributed by atoms with Crippen molar-refractivity contribution in [2.75, 3.05) is 35.5 Å². The lowest BCUT2D eigenvalue weighted by molar-refractivity contribution is -0.122. The van der Waals surface area contributed by atoms with Crippen molar-refractivity contribution < 1.29 is 26.4 Å².